The van der Waals surface area contributed by atoms with Gasteiger partial charge in [0.15, 0.2) is 17.5 Å². The van der Waals surface area contributed by atoms with Gasteiger partial charge in [0, 0.05) is 5.56 Å². The third kappa shape index (κ3) is 3.50. The Bertz CT molecular complexity index is 935. The van der Waals surface area contributed by atoms with E-state index in [1.807, 2.05) is 23.6 Å². The van der Waals surface area contributed by atoms with E-state index in [-0.39, 0.29) is 6.04 Å². The van der Waals surface area contributed by atoms with Crippen molar-refractivity contribution < 1.29 is 23.7 Å². The Morgan fingerprint density at radius 2 is 1.93 bits per heavy atom. The average Bonchev–Trinajstić information content (AvgIpc) is 3.48. The summed E-state index contributed by atoms with van der Waals surface area (Å²) in [6.07, 6.45) is 0. The number of aromatic nitrogens is 2. The lowest BCUT2D eigenvalue weighted by Crippen LogP contribution is -3.27. The minimum absolute atomic E-state index is 0.216. The van der Waals surface area contributed by atoms with Gasteiger partial charge in [-0.2, -0.15) is 0 Å². The van der Waals surface area contributed by atoms with Crippen LogP contribution in [0.4, 0.5) is 0 Å². The summed E-state index contributed by atoms with van der Waals surface area (Å²) in [4.78, 5) is 4.13. The number of nitrogens with one attached hydrogen (secondary N) is 2. The van der Waals surface area contributed by atoms with Crippen LogP contribution in [0.25, 0.3) is 10.8 Å². The fourth-order valence-corrected chi connectivity index (χ4v) is 4.60. The summed E-state index contributed by atoms with van der Waals surface area (Å²) >= 11 is 1.62. The molecule has 146 valence electrons. The highest BCUT2D eigenvalue weighted by atomic mass is 32.1. The van der Waals surface area contributed by atoms with Crippen LogP contribution >= 0.6 is 11.3 Å². The van der Waals surface area contributed by atoms with Gasteiger partial charge in [-0.15, -0.1) is 21.5 Å². The van der Waals surface area contributed by atoms with Crippen LogP contribution in [0.2, 0.25) is 0 Å². The number of hydrogen-bond donors (Lipinski definition) is 2. The molecule has 0 aliphatic carbocycles. The van der Waals surface area contributed by atoms with Crippen LogP contribution in [-0.2, 0) is 6.54 Å². The number of thiophene rings is 1. The third-order valence-electron chi connectivity index (χ3n) is 5.65. The maximum Gasteiger partial charge on any atom is 0.274 e. The molecule has 8 heteroatoms. The van der Waals surface area contributed by atoms with Gasteiger partial charge < -0.3 is 23.7 Å². The molecule has 2 aliphatic rings. The van der Waals surface area contributed by atoms with E-state index in [4.69, 9.17) is 13.9 Å². The van der Waals surface area contributed by atoms with E-state index in [1.54, 1.807) is 16.2 Å². The van der Waals surface area contributed by atoms with E-state index < -0.39 is 0 Å². The summed E-state index contributed by atoms with van der Waals surface area (Å²) in [6.45, 7) is 7.97. The predicted octanol–water partition coefficient (Wildman–Crippen LogP) is 0.571. The molecule has 0 bridgehead atoms. The summed E-state index contributed by atoms with van der Waals surface area (Å²) in [7, 11) is 0. The fraction of sp³-hybridized carbons (Fsp3) is 0.400. The van der Waals surface area contributed by atoms with Crippen LogP contribution in [0.3, 0.4) is 0 Å². The van der Waals surface area contributed by atoms with Crippen molar-refractivity contribution in [1.82, 2.24) is 10.2 Å². The average molecular weight is 401 g/mol. The van der Waals surface area contributed by atoms with Crippen molar-refractivity contribution in [2.45, 2.75) is 19.5 Å². The maximum absolute atomic E-state index is 5.94. The molecular weight excluding hydrogens is 376 g/mol. The SMILES string of the molecule is C[C@@H](c1nnc(-c2cccs2)o1)[NH+]1CC[NH+](Cc2ccc3c(c2)OCO3)CC1. The summed E-state index contributed by atoms with van der Waals surface area (Å²) in [5.74, 6) is 3.08. The number of fused-ring (bicyclic) bond motifs is 1. The van der Waals surface area contributed by atoms with E-state index >= 15 is 0 Å². The standard InChI is InChI=1S/C20H22N4O3S/c1-14(19-21-22-20(27-19)18-3-2-10-28-18)24-8-6-23(7-9-24)12-15-4-5-16-17(11-15)26-13-25-16/h2-5,10-11,14H,6-9,12-13H2,1H3/p+2/t14-/m0/s1. The second-order valence-electron chi connectivity index (χ2n) is 7.42. The van der Waals surface area contributed by atoms with Crippen LogP contribution in [0.1, 0.15) is 24.4 Å². The molecule has 3 aromatic rings. The normalized spacial score (nSPS) is 22.3. The molecular formula is C20H24N4O3S+2. The van der Waals surface area contributed by atoms with Crippen LogP contribution in [0.15, 0.2) is 40.1 Å². The maximum atomic E-state index is 5.94. The number of rotatable bonds is 5. The van der Waals surface area contributed by atoms with E-state index in [2.05, 4.69) is 29.3 Å². The van der Waals surface area contributed by atoms with Crippen molar-refractivity contribution in [1.29, 1.82) is 0 Å². The predicted molar refractivity (Wildman–Crippen MR) is 104 cm³/mol. The lowest BCUT2D eigenvalue weighted by atomic mass is 10.1. The molecule has 1 atom stereocenters. The molecule has 1 fully saturated rings. The first-order valence-electron chi connectivity index (χ1n) is 9.70. The molecule has 2 aliphatic heterocycles. The number of quaternary nitrogens is 2. The summed E-state index contributed by atoms with van der Waals surface area (Å²) in [5, 5.41) is 10.6. The van der Waals surface area contributed by atoms with Gasteiger partial charge in [0.2, 0.25) is 6.79 Å². The Kier molecular flexibility index (Phi) is 4.76. The number of benzene rings is 1. The Labute approximate surface area is 167 Å². The molecule has 4 heterocycles. The topological polar surface area (TPSA) is 66.3 Å². The highest BCUT2D eigenvalue weighted by molar-refractivity contribution is 7.13. The fourth-order valence-electron chi connectivity index (χ4n) is 3.96. The van der Waals surface area contributed by atoms with Crippen molar-refractivity contribution in [3.05, 3.63) is 47.2 Å². The number of ether oxygens (including phenoxy) is 2. The van der Waals surface area contributed by atoms with Crippen molar-refractivity contribution >= 4 is 11.3 Å². The van der Waals surface area contributed by atoms with E-state index in [0.717, 1.165) is 55.0 Å². The van der Waals surface area contributed by atoms with E-state index in [0.29, 0.717) is 12.7 Å². The van der Waals surface area contributed by atoms with Gasteiger partial charge in [0.25, 0.3) is 11.8 Å². The van der Waals surface area contributed by atoms with Gasteiger partial charge >= 0.3 is 0 Å². The molecule has 0 amide bonds. The van der Waals surface area contributed by atoms with Crippen LogP contribution in [-0.4, -0.2) is 43.2 Å². The lowest BCUT2D eigenvalue weighted by Gasteiger charge is -2.32. The number of nitrogens with zero attached hydrogens (tertiary/aromatic N) is 2. The van der Waals surface area contributed by atoms with Gasteiger partial charge in [-0.3, -0.25) is 0 Å². The molecule has 0 unspecified atom stereocenters. The van der Waals surface area contributed by atoms with Gasteiger partial charge in [0.1, 0.15) is 32.7 Å². The Balaban J connectivity index is 1.18. The summed E-state index contributed by atoms with van der Waals surface area (Å²) < 4.78 is 16.8. The van der Waals surface area contributed by atoms with Crippen LogP contribution in [0.5, 0.6) is 11.5 Å². The van der Waals surface area contributed by atoms with E-state index in [1.165, 1.54) is 10.5 Å². The second kappa shape index (κ2) is 7.54. The molecule has 2 aromatic heterocycles. The quantitative estimate of drug-likeness (QED) is 0.656. The first-order valence-corrected chi connectivity index (χ1v) is 10.6. The molecule has 5 rings (SSSR count). The lowest BCUT2D eigenvalue weighted by molar-refractivity contribution is -1.03. The van der Waals surface area contributed by atoms with Gasteiger partial charge in [-0.1, -0.05) is 6.07 Å². The van der Waals surface area contributed by atoms with Gasteiger partial charge in [0.05, 0.1) is 4.88 Å². The van der Waals surface area contributed by atoms with Crippen molar-refractivity contribution in [3.63, 3.8) is 0 Å². The minimum Gasteiger partial charge on any atom is -0.454 e. The summed E-state index contributed by atoms with van der Waals surface area (Å²) in [5.41, 5.74) is 1.30. The highest BCUT2D eigenvalue weighted by Gasteiger charge is 2.31. The Morgan fingerprint density at radius 1 is 1.07 bits per heavy atom. The van der Waals surface area contributed by atoms with Crippen molar-refractivity contribution in [2.24, 2.45) is 0 Å². The monoisotopic (exact) mass is 400 g/mol. The molecule has 28 heavy (non-hydrogen) atoms. The zero-order valence-corrected chi connectivity index (χ0v) is 16.6. The largest absolute Gasteiger partial charge is 0.454 e. The molecule has 0 radical (unpaired) electrons. The summed E-state index contributed by atoms with van der Waals surface area (Å²) in [6, 6.07) is 10.5. The smallest absolute Gasteiger partial charge is 0.274 e. The van der Waals surface area contributed by atoms with Crippen LogP contribution < -0.4 is 19.3 Å². The third-order valence-corrected chi connectivity index (χ3v) is 6.50. The number of hydrogen-bond acceptors (Lipinski definition) is 6. The van der Waals surface area contributed by atoms with E-state index in [9.17, 15) is 0 Å². The molecule has 1 saturated heterocycles. The molecule has 7 nitrogen and oxygen atoms in total. The first-order chi connectivity index (χ1) is 13.8. The first kappa shape index (κ1) is 17.7. The van der Waals surface area contributed by atoms with Crippen molar-refractivity contribution in [3.8, 4) is 22.3 Å². The van der Waals surface area contributed by atoms with Gasteiger partial charge in [-0.05, 0) is 36.6 Å². The zero-order chi connectivity index (χ0) is 18.9. The molecule has 0 spiro atoms. The molecule has 0 saturated carbocycles. The van der Waals surface area contributed by atoms with Crippen LogP contribution in [0, 0.1) is 0 Å². The zero-order valence-electron chi connectivity index (χ0n) is 15.8. The molecule has 2 N–H and O–H groups in total. The van der Waals surface area contributed by atoms with Crippen molar-refractivity contribution in [2.75, 3.05) is 33.0 Å². The molecule has 1 aromatic carbocycles. The number of piperazine rings is 1. The Hall–Kier alpha value is -2.42. The highest BCUT2D eigenvalue weighted by Crippen LogP contribution is 2.32. The second-order valence-corrected chi connectivity index (χ2v) is 8.36. The Morgan fingerprint density at radius 3 is 2.75 bits per heavy atom. The minimum atomic E-state index is 0.216. The van der Waals surface area contributed by atoms with Gasteiger partial charge in [-0.25, -0.2) is 0 Å².